The number of amides is 1. The lowest BCUT2D eigenvalue weighted by Gasteiger charge is -2.27. The van der Waals surface area contributed by atoms with Gasteiger partial charge in [0.05, 0.1) is 12.0 Å². The predicted octanol–water partition coefficient (Wildman–Crippen LogP) is 1.20. The Kier molecular flexibility index (Phi) is 7.74. The summed E-state index contributed by atoms with van der Waals surface area (Å²) in [6, 6.07) is -0.252. The number of nitrogens with one attached hydrogen (secondary N) is 2. The number of carboxylic acid groups (broad SMARTS) is 2. The molecule has 2 aliphatic heterocycles. The van der Waals surface area contributed by atoms with E-state index in [-0.39, 0.29) is 11.9 Å². The Morgan fingerprint density at radius 2 is 1.61 bits per heavy atom. The molecule has 3 aliphatic rings. The minimum absolute atomic E-state index is 0.201. The van der Waals surface area contributed by atoms with Crippen molar-refractivity contribution in [2.45, 2.75) is 39.2 Å². The molecule has 3 heterocycles. The fourth-order valence-corrected chi connectivity index (χ4v) is 3.80. The second kappa shape index (κ2) is 10.0. The van der Waals surface area contributed by atoms with Crippen LogP contribution in [0.1, 0.15) is 44.1 Å². The lowest BCUT2D eigenvalue weighted by Crippen LogP contribution is -2.43. The van der Waals surface area contributed by atoms with E-state index >= 15 is 0 Å². The molecular formula is C19H28N4O5. The summed E-state index contributed by atoms with van der Waals surface area (Å²) in [5.41, 5.74) is 2.01. The van der Waals surface area contributed by atoms with Crippen molar-refractivity contribution in [1.82, 2.24) is 20.2 Å². The average Bonchev–Trinajstić information content (AvgIpc) is 3.26. The molecule has 9 heteroatoms. The Balaban J connectivity index is 0.000000302. The molecule has 0 saturated carbocycles. The molecule has 1 amide bonds. The van der Waals surface area contributed by atoms with Gasteiger partial charge in [-0.15, -0.1) is 0 Å². The minimum atomic E-state index is -0.833. The van der Waals surface area contributed by atoms with Gasteiger partial charge in [-0.2, -0.15) is 0 Å². The van der Waals surface area contributed by atoms with Crippen molar-refractivity contribution in [3.8, 4) is 0 Å². The summed E-state index contributed by atoms with van der Waals surface area (Å²) in [7, 11) is 0. The number of aliphatic carboxylic acids is 2. The van der Waals surface area contributed by atoms with Gasteiger partial charge in [-0.3, -0.25) is 14.4 Å². The van der Waals surface area contributed by atoms with Crippen molar-refractivity contribution in [1.29, 1.82) is 0 Å². The Morgan fingerprint density at radius 3 is 2.14 bits per heavy atom. The molecule has 0 bridgehead atoms. The number of carboxylic acids is 2. The van der Waals surface area contributed by atoms with Crippen molar-refractivity contribution >= 4 is 17.8 Å². The summed E-state index contributed by atoms with van der Waals surface area (Å²) in [6.45, 7) is 4.82. The molecule has 1 aliphatic carbocycles. The monoisotopic (exact) mass is 392 g/mol. The van der Waals surface area contributed by atoms with Gasteiger partial charge in [-0.25, -0.2) is 4.98 Å². The maximum absolute atomic E-state index is 12.8. The van der Waals surface area contributed by atoms with Crippen LogP contribution < -0.4 is 5.32 Å². The zero-order chi connectivity index (χ0) is 20.7. The van der Waals surface area contributed by atoms with Crippen molar-refractivity contribution in [3.63, 3.8) is 0 Å². The predicted molar refractivity (Wildman–Crippen MR) is 102 cm³/mol. The summed E-state index contributed by atoms with van der Waals surface area (Å²) >= 11 is 0. The van der Waals surface area contributed by atoms with Gasteiger partial charge >= 0.3 is 0 Å². The first-order chi connectivity index (χ1) is 13.3. The lowest BCUT2D eigenvalue weighted by atomic mass is 9.86. The van der Waals surface area contributed by atoms with Crippen molar-refractivity contribution in [2.24, 2.45) is 11.8 Å². The number of H-pyrrole nitrogens is 1. The SMILES string of the molecule is CC(=O)O.CC(=O)O.O=C(C1NCCc2[nH]cnc21)N1C[C@H]2CC=CC[C@H]2C1. The van der Waals surface area contributed by atoms with Crippen LogP contribution in [0, 0.1) is 11.8 Å². The highest BCUT2D eigenvalue weighted by atomic mass is 16.4. The number of hydrogen-bond donors (Lipinski definition) is 4. The second-order valence-electron chi connectivity index (χ2n) is 7.15. The number of aromatic nitrogens is 2. The largest absolute Gasteiger partial charge is 0.481 e. The third-order valence-electron chi connectivity index (χ3n) is 4.93. The van der Waals surface area contributed by atoms with Gasteiger partial charge in [0.2, 0.25) is 5.91 Å². The number of hydrogen-bond acceptors (Lipinski definition) is 5. The standard InChI is InChI=1S/C15H20N4O.2C2H4O2/c20-15(14-13-12(5-6-16-14)17-9-18-13)19-7-10-3-1-2-4-11(10)8-19;2*1-2(3)4/h1-2,9-11,14,16H,3-8H2,(H,17,18);2*1H3,(H,3,4)/t10-,11+,14?;;. The number of aromatic amines is 1. The molecule has 28 heavy (non-hydrogen) atoms. The fraction of sp³-hybridized carbons (Fsp3) is 0.579. The van der Waals surface area contributed by atoms with E-state index in [9.17, 15) is 4.79 Å². The second-order valence-corrected chi connectivity index (χ2v) is 7.15. The molecule has 1 fully saturated rings. The summed E-state index contributed by atoms with van der Waals surface area (Å²) in [5.74, 6) is -0.148. The quantitative estimate of drug-likeness (QED) is 0.527. The first-order valence-electron chi connectivity index (χ1n) is 9.38. The molecule has 0 aromatic carbocycles. The lowest BCUT2D eigenvalue weighted by molar-refractivity contribution is -0.135. The molecule has 1 aromatic heterocycles. The van der Waals surface area contributed by atoms with Crippen LogP contribution in [-0.4, -0.2) is 62.6 Å². The van der Waals surface area contributed by atoms with Crippen LogP contribution in [0.4, 0.5) is 0 Å². The average molecular weight is 392 g/mol. The number of likely N-dealkylation sites (tertiary alicyclic amines) is 1. The van der Waals surface area contributed by atoms with E-state index in [0.717, 1.165) is 64.1 Å². The van der Waals surface area contributed by atoms with Crippen LogP contribution in [0.5, 0.6) is 0 Å². The van der Waals surface area contributed by atoms with Gasteiger partial charge in [0, 0.05) is 45.6 Å². The maximum Gasteiger partial charge on any atom is 0.300 e. The maximum atomic E-state index is 12.8. The van der Waals surface area contributed by atoms with E-state index in [4.69, 9.17) is 19.8 Å². The van der Waals surface area contributed by atoms with Gasteiger partial charge in [0.15, 0.2) is 0 Å². The molecule has 0 radical (unpaired) electrons. The zero-order valence-electron chi connectivity index (χ0n) is 16.2. The van der Waals surface area contributed by atoms with Gasteiger partial charge in [-0.05, 0) is 24.7 Å². The van der Waals surface area contributed by atoms with Crippen LogP contribution in [0.15, 0.2) is 18.5 Å². The van der Waals surface area contributed by atoms with E-state index in [1.165, 1.54) is 0 Å². The number of carbonyl (C=O) groups excluding carboxylic acids is 1. The highest BCUT2D eigenvalue weighted by Crippen LogP contribution is 2.34. The third kappa shape index (κ3) is 5.91. The number of nitrogens with zero attached hydrogens (tertiary/aromatic N) is 2. The fourth-order valence-electron chi connectivity index (χ4n) is 3.80. The van der Waals surface area contributed by atoms with Crippen LogP contribution in [0.3, 0.4) is 0 Å². The Morgan fingerprint density at radius 1 is 1.07 bits per heavy atom. The van der Waals surface area contributed by atoms with E-state index in [1.54, 1.807) is 6.33 Å². The van der Waals surface area contributed by atoms with Gasteiger partial charge in [-0.1, -0.05) is 12.2 Å². The molecule has 4 rings (SSSR count). The number of imidazole rings is 1. The number of rotatable bonds is 1. The van der Waals surface area contributed by atoms with Gasteiger partial charge in [0.1, 0.15) is 6.04 Å². The summed E-state index contributed by atoms with van der Waals surface area (Å²) in [4.78, 5) is 40.3. The van der Waals surface area contributed by atoms with Crippen molar-refractivity contribution < 1.29 is 24.6 Å². The molecule has 1 saturated heterocycles. The van der Waals surface area contributed by atoms with E-state index < -0.39 is 11.9 Å². The number of fused-ring (bicyclic) bond motifs is 2. The molecule has 3 atom stereocenters. The zero-order valence-corrected chi connectivity index (χ0v) is 16.2. The summed E-state index contributed by atoms with van der Waals surface area (Å²) in [6.07, 6.45) is 9.40. The van der Waals surface area contributed by atoms with Crippen LogP contribution in [0.2, 0.25) is 0 Å². The molecule has 4 N–H and O–H groups in total. The molecule has 1 unspecified atom stereocenters. The smallest absolute Gasteiger partial charge is 0.300 e. The molecule has 1 aromatic rings. The van der Waals surface area contributed by atoms with Crippen LogP contribution in [-0.2, 0) is 20.8 Å². The summed E-state index contributed by atoms with van der Waals surface area (Å²) < 4.78 is 0. The Labute approximate surface area is 163 Å². The van der Waals surface area contributed by atoms with Crippen LogP contribution >= 0.6 is 0 Å². The molecular weight excluding hydrogens is 364 g/mol. The molecule has 9 nitrogen and oxygen atoms in total. The summed E-state index contributed by atoms with van der Waals surface area (Å²) in [5, 5.41) is 18.2. The molecule has 0 spiro atoms. The van der Waals surface area contributed by atoms with E-state index in [0.29, 0.717) is 11.8 Å². The molecule has 154 valence electrons. The normalized spacial score (nSPS) is 24.6. The van der Waals surface area contributed by atoms with Crippen molar-refractivity contribution in [2.75, 3.05) is 19.6 Å². The highest BCUT2D eigenvalue weighted by molar-refractivity contribution is 5.83. The third-order valence-corrected chi connectivity index (χ3v) is 4.93. The minimum Gasteiger partial charge on any atom is -0.481 e. The van der Waals surface area contributed by atoms with Gasteiger partial charge < -0.3 is 25.4 Å². The first kappa shape index (κ1) is 21.6. The Bertz CT molecular complexity index is 694. The van der Waals surface area contributed by atoms with Gasteiger partial charge in [0.25, 0.3) is 11.9 Å². The van der Waals surface area contributed by atoms with E-state index in [1.807, 2.05) is 4.90 Å². The topological polar surface area (TPSA) is 136 Å². The Hall–Kier alpha value is -2.68. The highest BCUT2D eigenvalue weighted by Gasteiger charge is 2.39. The van der Waals surface area contributed by atoms with Crippen molar-refractivity contribution in [3.05, 3.63) is 29.9 Å². The first-order valence-corrected chi connectivity index (χ1v) is 9.38. The number of allylic oxidation sites excluding steroid dienone is 2. The number of carbonyl (C=O) groups is 3. The van der Waals surface area contributed by atoms with E-state index in [2.05, 4.69) is 27.4 Å². The van der Waals surface area contributed by atoms with Crippen LogP contribution in [0.25, 0.3) is 0 Å².